The van der Waals surface area contributed by atoms with Crippen molar-refractivity contribution in [3.63, 3.8) is 0 Å². The van der Waals surface area contributed by atoms with Crippen LogP contribution < -0.4 is 10.6 Å². The Kier molecular flexibility index (Phi) is 3.97. The molecule has 3 aromatic rings. The number of carbonyl (C=O) groups excluding carboxylic acids is 1. The first kappa shape index (κ1) is 13.4. The zero-order chi connectivity index (χ0) is 14.5. The van der Waals surface area contributed by atoms with Crippen molar-refractivity contribution in [2.24, 2.45) is 0 Å². The second-order valence-corrected chi connectivity index (χ2v) is 5.14. The van der Waals surface area contributed by atoms with Gasteiger partial charge in [0, 0.05) is 4.88 Å². The van der Waals surface area contributed by atoms with Gasteiger partial charge in [-0.25, -0.2) is 4.79 Å². The van der Waals surface area contributed by atoms with Gasteiger partial charge in [0.1, 0.15) is 0 Å². The Morgan fingerprint density at radius 2 is 2.14 bits per heavy atom. The molecule has 0 saturated carbocycles. The summed E-state index contributed by atoms with van der Waals surface area (Å²) in [6.07, 6.45) is 1.53. The number of furan rings is 1. The molecule has 0 spiro atoms. The Hall–Kier alpha value is -2.61. The van der Waals surface area contributed by atoms with Gasteiger partial charge in [-0.05, 0) is 23.6 Å². The summed E-state index contributed by atoms with van der Waals surface area (Å²) in [4.78, 5) is 16.8. The molecule has 2 N–H and O–H groups in total. The van der Waals surface area contributed by atoms with Crippen LogP contribution in [0.5, 0.6) is 0 Å². The van der Waals surface area contributed by atoms with Crippen LogP contribution in [0.3, 0.4) is 0 Å². The number of aromatic nitrogens is 2. The van der Waals surface area contributed by atoms with E-state index in [2.05, 4.69) is 20.8 Å². The molecule has 0 unspecified atom stereocenters. The maximum absolute atomic E-state index is 11.6. The molecule has 21 heavy (non-hydrogen) atoms. The summed E-state index contributed by atoms with van der Waals surface area (Å²) in [5.74, 6) is 1.19. The van der Waals surface area contributed by atoms with Gasteiger partial charge in [0.25, 0.3) is 0 Å². The van der Waals surface area contributed by atoms with E-state index in [1.807, 2.05) is 17.5 Å². The molecule has 0 aliphatic carbocycles. The number of rotatable bonds is 5. The SMILES string of the molecule is O=C(NCc1nc(-c2ccco2)no1)NCc1cccs1. The highest BCUT2D eigenvalue weighted by Gasteiger charge is 2.11. The molecular formula is C13H12N4O3S. The fraction of sp³-hybridized carbons (Fsp3) is 0.154. The van der Waals surface area contributed by atoms with Gasteiger partial charge in [0.2, 0.25) is 11.7 Å². The first-order chi connectivity index (χ1) is 10.3. The number of urea groups is 1. The largest absolute Gasteiger partial charge is 0.461 e. The van der Waals surface area contributed by atoms with Crippen LogP contribution in [-0.2, 0) is 13.1 Å². The number of carbonyl (C=O) groups is 1. The van der Waals surface area contributed by atoms with E-state index in [-0.39, 0.29) is 12.6 Å². The lowest BCUT2D eigenvalue weighted by Gasteiger charge is -2.03. The lowest BCUT2D eigenvalue weighted by Crippen LogP contribution is -2.34. The molecular weight excluding hydrogens is 292 g/mol. The fourth-order valence-electron chi connectivity index (χ4n) is 1.63. The minimum Gasteiger partial charge on any atom is -0.461 e. The average molecular weight is 304 g/mol. The highest BCUT2D eigenvalue weighted by atomic mass is 32.1. The molecule has 0 aromatic carbocycles. The van der Waals surface area contributed by atoms with Crippen molar-refractivity contribution in [3.8, 4) is 11.6 Å². The van der Waals surface area contributed by atoms with Crippen LogP contribution in [0, 0.1) is 0 Å². The molecule has 0 atom stereocenters. The van der Waals surface area contributed by atoms with Gasteiger partial charge in [-0.2, -0.15) is 4.98 Å². The van der Waals surface area contributed by atoms with Crippen molar-refractivity contribution in [2.45, 2.75) is 13.1 Å². The summed E-state index contributed by atoms with van der Waals surface area (Å²) < 4.78 is 10.2. The minimum absolute atomic E-state index is 0.157. The molecule has 7 nitrogen and oxygen atoms in total. The number of nitrogens with zero attached hydrogens (tertiary/aromatic N) is 2. The topological polar surface area (TPSA) is 93.2 Å². The third-order valence-corrected chi connectivity index (χ3v) is 3.49. The lowest BCUT2D eigenvalue weighted by molar-refractivity contribution is 0.238. The first-order valence-electron chi connectivity index (χ1n) is 6.22. The molecule has 0 fully saturated rings. The number of thiophene rings is 1. The molecule has 3 aromatic heterocycles. The summed E-state index contributed by atoms with van der Waals surface area (Å²) in [6, 6.07) is 7.07. The highest BCUT2D eigenvalue weighted by Crippen LogP contribution is 2.15. The van der Waals surface area contributed by atoms with Crippen LogP contribution in [0.2, 0.25) is 0 Å². The van der Waals surface area contributed by atoms with Crippen LogP contribution in [0.1, 0.15) is 10.8 Å². The zero-order valence-electron chi connectivity index (χ0n) is 10.9. The number of hydrogen-bond acceptors (Lipinski definition) is 6. The van der Waals surface area contributed by atoms with E-state index < -0.39 is 0 Å². The summed E-state index contributed by atoms with van der Waals surface area (Å²) in [5.41, 5.74) is 0. The van der Waals surface area contributed by atoms with Crippen molar-refractivity contribution >= 4 is 17.4 Å². The lowest BCUT2D eigenvalue weighted by atomic mass is 10.4. The number of nitrogens with one attached hydrogen (secondary N) is 2. The molecule has 2 amide bonds. The van der Waals surface area contributed by atoms with E-state index in [0.717, 1.165) is 4.88 Å². The summed E-state index contributed by atoms with van der Waals surface area (Å²) >= 11 is 1.59. The first-order valence-corrected chi connectivity index (χ1v) is 7.10. The van der Waals surface area contributed by atoms with Crippen molar-refractivity contribution in [3.05, 3.63) is 46.7 Å². The Balaban J connectivity index is 1.47. The molecule has 0 aliphatic rings. The zero-order valence-corrected chi connectivity index (χ0v) is 11.7. The van der Waals surface area contributed by atoms with E-state index in [4.69, 9.17) is 8.94 Å². The summed E-state index contributed by atoms with van der Waals surface area (Å²) in [6.45, 7) is 0.648. The Bertz CT molecular complexity index is 691. The van der Waals surface area contributed by atoms with Crippen LogP contribution >= 0.6 is 11.3 Å². The Morgan fingerprint density at radius 3 is 2.90 bits per heavy atom. The number of hydrogen-bond donors (Lipinski definition) is 2. The molecule has 108 valence electrons. The van der Waals surface area contributed by atoms with Gasteiger partial charge in [-0.15, -0.1) is 11.3 Å². The van der Waals surface area contributed by atoms with E-state index in [0.29, 0.717) is 24.0 Å². The number of amides is 2. The monoisotopic (exact) mass is 304 g/mol. The van der Waals surface area contributed by atoms with E-state index in [1.54, 1.807) is 23.5 Å². The minimum atomic E-state index is -0.291. The predicted octanol–water partition coefficient (Wildman–Crippen LogP) is 2.39. The van der Waals surface area contributed by atoms with E-state index in [1.165, 1.54) is 6.26 Å². The molecule has 0 aliphatic heterocycles. The second-order valence-electron chi connectivity index (χ2n) is 4.10. The quantitative estimate of drug-likeness (QED) is 0.755. The molecule has 3 heterocycles. The van der Waals surface area contributed by atoms with Crippen LogP contribution in [0.15, 0.2) is 44.8 Å². The van der Waals surface area contributed by atoms with Gasteiger partial charge < -0.3 is 19.6 Å². The standard InChI is InChI=1S/C13H12N4O3S/c18-13(14-7-9-3-2-6-21-9)15-8-11-16-12(17-20-11)10-4-1-5-19-10/h1-6H,7-8H2,(H2,14,15,18). The molecule has 3 rings (SSSR count). The van der Waals surface area contributed by atoms with Crippen molar-refractivity contribution in [2.75, 3.05) is 0 Å². The molecule has 8 heteroatoms. The van der Waals surface area contributed by atoms with Gasteiger partial charge in [-0.3, -0.25) is 0 Å². The molecule has 0 bridgehead atoms. The third-order valence-electron chi connectivity index (χ3n) is 2.61. The third kappa shape index (κ3) is 3.48. The summed E-state index contributed by atoms with van der Waals surface area (Å²) in [5, 5.41) is 11.1. The molecule has 0 saturated heterocycles. The van der Waals surface area contributed by atoms with Crippen LogP contribution in [-0.4, -0.2) is 16.2 Å². The van der Waals surface area contributed by atoms with Crippen LogP contribution in [0.25, 0.3) is 11.6 Å². The smallest absolute Gasteiger partial charge is 0.315 e. The predicted molar refractivity (Wildman–Crippen MR) is 75.4 cm³/mol. The van der Waals surface area contributed by atoms with Crippen molar-refractivity contribution < 1.29 is 13.7 Å². The Labute approximate surface area is 124 Å². The van der Waals surface area contributed by atoms with E-state index in [9.17, 15) is 4.79 Å². The van der Waals surface area contributed by atoms with E-state index >= 15 is 0 Å². The molecule has 0 radical (unpaired) electrons. The van der Waals surface area contributed by atoms with Gasteiger partial charge >= 0.3 is 6.03 Å². The van der Waals surface area contributed by atoms with Gasteiger partial charge in [0.15, 0.2) is 5.76 Å². The maximum atomic E-state index is 11.6. The average Bonchev–Trinajstić information content (AvgIpc) is 3.24. The van der Waals surface area contributed by atoms with Crippen molar-refractivity contribution in [1.29, 1.82) is 0 Å². The summed E-state index contributed by atoms with van der Waals surface area (Å²) in [7, 11) is 0. The van der Waals surface area contributed by atoms with Crippen molar-refractivity contribution in [1.82, 2.24) is 20.8 Å². The normalized spacial score (nSPS) is 10.5. The van der Waals surface area contributed by atoms with Crippen LogP contribution in [0.4, 0.5) is 4.79 Å². The van der Waals surface area contributed by atoms with Gasteiger partial charge in [-0.1, -0.05) is 11.2 Å². The fourth-order valence-corrected chi connectivity index (χ4v) is 2.28. The highest BCUT2D eigenvalue weighted by molar-refractivity contribution is 7.09. The maximum Gasteiger partial charge on any atom is 0.315 e. The second kappa shape index (κ2) is 6.23. The Morgan fingerprint density at radius 1 is 1.24 bits per heavy atom. The van der Waals surface area contributed by atoms with Gasteiger partial charge in [0.05, 0.1) is 19.4 Å².